The van der Waals surface area contributed by atoms with Gasteiger partial charge in [0.1, 0.15) is 0 Å². The summed E-state index contributed by atoms with van der Waals surface area (Å²) in [4.78, 5) is 0. The van der Waals surface area contributed by atoms with Crippen LogP contribution in [0.25, 0.3) is 0 Å². The van der Waals surface area contributed by atoms with Crippen LogP contribution in [0, 0.1) is 0 Å². The highest BCUT2D eigenvalue weighted by Crippen LogP contribution is 2.27. The fraction of sp³-hybridized carbons (Fsp3) is 0.600. The molecule has 16 heavy (non-hydrogen) atoms. The van der Waals surface area contributed by atoms with E-state index in [1.165, 1.54) is 11.1 Å². The van der Waals surface area contributed by atoms with Crippen LogP contribution in [0.2, 0.25) is 0 Å². The molecule has 1 nitrogen and oxygen atoms in total. The van der Waals surface area contributed by atoms with Crippen LogP contribution in [0.5, 0.6) is 0 Å². The molecule has 0 aliphatic rings. The zero-order valence-corrected chi connectivity index (χ0v) is 11.4. The second-order valence-corrected chi connectivity index (χ2v) is 5.45. The molecule has 1 heteroatoms. The summed E-state index contributed by atoms with van der Waals surface area (Å²) >= 11 is 0. The van der Waals surface area contributed by atoms with Crippen molar-refractivity contribution >= 4 is 0 Å². The van der Waals surface area contributed by atoms with Gasteiger partial charge in [0.2, 0.25) is 0 Å². The maximum Gasteiger partial charge on any atom is 0.0878 e. The summed E-state index contributed by atoms with van der Waals surface area (Å²) in [5.41, 5.74) is 2.42. The van der Waals surface area contributed by atoms with E-state index < -0.39 is 0 Å². The zero-order valence-electron chi connectivity index (χ0n) is 11.4. The van der Waals surface area contributed by atoms with E-state index in [-0.39, 0.29) is 11.7 Å². The zero-order chi connectivity index (χ0) is 12.3. The summed E-state index contributed by atoms with van der Waals surface area (Å²) in [5, 5.41) is 0. The molecule has 1 aromatic carbocycles. The summed E-state index contributed by atoms with van der Waals surface area (Å²) in [7, 11) is 0. The van der Waals surface area contributed by atoms with Crippen molar-refractivity contribution in [3.05, 3.63) is 35.4 Å². The fourth-order valence-corrected chi connectivity index (χ4v) is 1.93. The highest BCUT2D eigenvalue weighted by Gasteiger charge is 2.22. The lowest BCUT2D eigenvalue weighted by Crippen LogP contribution is -2.25. The quantitative estimate of drug-likeness (QED) is 0.727. The molecule has 0 atom stereocenters. The van der Waals surface area contributed by atoms with Crippen LogP contribution in [-0.2, 0) is 10.3 Å². The van der Waals surface area contributed by atoms with Gasteiger partial charge in [-0.3, -0.25) is 0 Å². The highest BCUT2D eigenvalue weighted by atomic mass is 16.5. The maximum absolute atomic E-state index is 5.92. The van der Waals surface area contributed by atoms with Gasteiger partial charge in [-0.1, -0.05) is 38.1 Å². The highest BCUT2D eigenvalue weighted by molar-refractivity contribution is 5.28. The summed E-state index contributed by atoms with van der Waals surface area (Å²) in [5.74, 6) is 0.586. The van der Waals surface area contributed by atoms with Crippen LogP contribution in [0.4, 0.5) is 0 Å². The van der Waals surface area contributed by atoms with E-state index in [1.54, 1.807) is 0 Å². The molecule has 0 aliphatic carbocycles. The average Bonchev–Trinajstić information content (AvgIpc) is 2.16. The largest absolute Gasteiger partial charge is 0.368 e. The molecular formula is C15H24O. The first kappa shape index (κ1) is 13.2. The maximum atomic E-state index is 5.92. The molecule has 0 saturated heterocycles. The van der Waals surface area contributed by atoms with Gasteiger partial charge < -0.3 is 4.74 Å². The number of hydrogen-bond donors (Lipinski definition) is 0. The minimum absolute atomic E-state index is 0.205. The predicted octanol–water partition coefficient (Wildman–Crippen LogP) is 4.47. The topological polar surface area (TPSA) is 9.23 Å². The Morgan fingerprint density at radius 3 is 1.81 bits per heavy atom. The molecule has 0 aliphatic heterocycles. The van der Waals surface area contributed by atoms with Crippen LogP contribution in [0.15, 0.2) is 24.3 Å². The van der Waals surface area contributed by atoms with E-state index in [0.29, 0.717) is 5.92 Å². The third kappa shape index (κ3) is 3.34. The Morgan fingerprint density at radius 1 is 0.938 bits per heavy atom. The number of rotatable bonds is 4. The number of benzene rings is 1. The standard InChI is InChI=1S/C15H24O/c1-11(2)13-7-9-14(10-8-13)15(5,6)16-12(3)4/h7-12H,1-6H3. The van der Waals surface area contributed by atoms with Crippen molar-refractivity contribution < 1.29 is 4.74 Å². The third-order valence-electron chi connectivity index (χ3n) is 2.80. The molecule has 0 aromatic heterocycles. The number of hydrogen-bond acceptors (Lipinski definition) is 1. The second kappa shape index (κ2) is 5.01. The molecular weight excluding hydrogens is 196 g/mol. The van der Waals surface area contributed by atoms with Gasteiger partial charge in [0, 0.05) is 0 Å². The summed E-state index contributed by atoms with van der Waals surface area (Å²) in [6, 6.07) is 8.76. The Labute approximate surface area is 99.8 Å². The SMILES string of the molecule is CC(C)OC(C)(C)c1ccc(C(C)C)cc1. The molecule has 0 heterocycles. The van der Waals surface area contributed by atoms with E-state index in [4.69, 9.17) is 4.74 Å². The minimum Gasteiger partial charge on any atom is -0.368 e. The van der Waals surface area contributed by atoms with Crippen LogP contribution in [-0.4, -0.2) is 6.10 Å². The van der Waals surface area contributed by atoms with Crippen molar-refractivity contribution in [1.29, 1.82) is 0 Å². The molecule has 1 aromatic rings. The average molecular weight is 220 g/mol. The number of ether oxygens (including phenoxy) is 1. The first-order valence-electron chi connectivity index (χ1n) is 6.11. The van der Waals surface area contributed by atoms with Gasteiger partial charge in [0.05, 0.1) is 11.7 Å². The van der Waals surface area contributed by atoms with Crippen molar-refractivity contribution in [3.63, 3.8) is 0 Å². The molecule has 0 saturated carbocycles. The summed E-state index contributed by atoms with van der Waals surface area (Å²) in [6.07, 6.45) is 0.250. The first-order valence-corrected chi connectivity index (χ1v) is 6.11. The Balaban J connectivity index is 2.88. The Morgan fingerprint density at radius 2 is 1.44 bits per heavy atom. The molecule has 0 spiro atoms. The summed E-state index contributed by atoms with van der Waals surface area (Å²) < 4.78 is 5.92. The second-order valence-electron chi connectivity index (χ2n) is 5.45. The minimum atomic E-state index is -0.205. The van der Waals surface area contributed by atoms with Crippen molar-refractivity contribution in [2.45, 2.75) is 59.2 Å². The Kier molecular flexibility index (Phi) is 4.15. The van der Waals surface area contributed by atoms with Crippen molar-refractivity contribution in [1.82, 2.24) is 0 Å². The molecule has 1 rings (SSSR count). The monoisotopic (exact) mass is 220 g/mol. The van der Waals surface area contributed by atoms with Gasteiger partial charge >= 0.3 is 0 Å². The van der Waals surface area contributed by atoms with E-state index in [2.05, 4.69) is 65.8 Å². The van der Waals surface area contributed by atoms with Gasteiger partial charge in [-0.05, 0) is 44.7 Å². The van der Waals surface area contributed by atoms with Gasteiger partial charge in [-0.25, -0.2) is 0 Å². The molecule has 90 valence electrons. The van der Waals surface area contributed by atoms with E-state index in [9.17, 15) is 0 Å². The van der Waals surface area contributed by atoms with Crippen molar-refractivity contribution in [2.75, 3.05) is 0 Å². The van der Waals surface area contributed by atoms with Gasteiger partial charge in [0.15, 0.2) is 0 Å². The van der Waals surface area contributed by atoms with Crippen LogP contribution in [0.3, 0.4) is 0 Å². The van der Waals surface area contributed by atoms with Crippen LogP contribution in [0.1, 0.15) is 58.6 Å². The van der Waals surface area contributed by atoms with Crippen LogP contribution < -0.4 is 0 Å². The fourth-order valence-electron chi connectivity index (χ4n) is 1.93. The third-order valence-corrected chi connectivity index (χ3v) is 2.80. The van der Waals surface area contributed by atoms with Crippen molar-refractivity contribution in [2.24, 2.45) is 0 Å². The summed E-state index contributed by atoms with van der Waals surface area (Å²) in [6.45, 7) is 12.8. The molecule has 0 bridgehead atoms. The molecule has 0 fully saturated rings. The molecule has 0 unspecified atom stereocenters. The Bertz CT molecular complexity index is 320. The van der Waals surface area contributed by atoms with Gasteiger partial charge in [0.25, 0.3) is 0 Å². The molecule has 0 radical (unpaired) electrons. The van der Waals surface area contributed by atoms with Crippen LogP contribution >= 0.6 is 0 Å². The van der Waals surface area contributed by atoms with Crippen molar-refractivity contribution in [3.8, 4) is 0 Å². The smallest absolute Gasteiger partial charge is 0.0878 e. The van der Waals surface area contributed by atoms with Gasteiger partial charge in [-0.2, -0.15) is 0 Å². The van der Waals surface area contributed by atoms with E-state index in [0.717, 1.165) is 0 Å². The Hall–Kier alpha value is -0.820. The lowest BCUT2D eigenvalue weighted by Gasteiger charge is -2.28. The molecule has 0 N–H and O–H groups in total. The lowest BCUT2D eigenvalue weighted by molar-refractivity contribution is -0.0600. The molecule has 0 amide bonds. The normalized spacial score (nSPS) is 12.5. The van der Waals surface area contributed by atoms with Gasteiger partial charge in [-0.15, -0.1) is 0 Å². The predicted molar refractivity (Wildman–Crippen MR) is 69.8 cm³/mol. The van der Waals surface area contributed by atoms with E-state index in [1.807, 2.05) is 0 Å². The lowest BCUT2D eigenvalue weighted by atomic mass is 9.94. The first-order chi connectivity index (χ1) is 7.33. The van der Waals surface area contributed by atoms with E-state index >= 15 is 0 Å².